The number of esters is 1. The van der Waals surface area contributed by atoms with Gasteiger partial charge >= 0.3 is 5.97 Å². The Balaban J connectivity index is 1.59. The van der Waals surface area contributed by atoms with Crippen LogP contribution >= 0.6 is 0 Å². The van der Waals surface area contributed by atoms with E-state index in [1.165, 1.54) is 11.6 Å². The monoisotopic (exact) mass is 502 g/mol. The van der Waals surface area contributed by atoms with E-state index in [1.807, 2.05) is 43.3 Å². The molecule has 4 nitrogen and oxygen atoms in total. The average Bonchev–Trinajstić information content (AvgIpc) is 3.25. The summed E-state index contributed by atoms with van der Waals surface area (Å²) < 4.78 is 31.5. The van der Waals surface area contributed by atoms with Gasteiger partial charge < -0.3 is 14.2 Å². The maximum atomic E-state index is 15.0. The van der Waals surface area contributed by atoms with Crippen molar-refractivity contribution in [2.24, 2.45) is 5.41 Å². The van der Waals surface area contributed by atoms with Gasteiger partial charge in [-0.15, -0.1) is 0 Å². The number of hydrogen-bond acceptors (Lipinski definition) is 4. The first-order valence-electron chi connectivity index (χ1n) is 12.9. The van der Waals surface area contributed by atoms with Gasteiger partial charge in [0.2, 0.25) is 0 Å². The molecule has 0 spiro atoms. The van der Waals surface area contributed by atoms with Crippen molar-refractivity contribution in [3.63, 3.8) is 0 Å². The van der Waals surface area contributed by atoms with E-state index >= 15 is 0 Å². The summed E-state index contributed by atoms with van der Waals surface area (Å²) in [5.41, 5.74) is 5.65. The summed E-state index contributed by atoms with van der Waals surface area (Å²) >= 11 is 0. The van der Waals surface area contributed by atoms with E-state index < -0.39 is 0 Å². The van der Waals surface area contributed by atoms with Crippen LogP contribution < -0.4 is 9.47 Å². The van der Waals surface area contributed by atoms with Crippen molar-refractivity contribution in [1.82, 2.24) is 0 Å². The smallest absolute Gasteiger partial charge is 0.306 e. The highest BCUT2D eigenvalue weighted by molar-refractivity contribution is 5.85. The van der Waals surface area contributed by atoms with Crippen LogP contribution in [0.25, 0.3) is 16.7 Å². The van der Waals surface area contributed by atoms with Crippen LogP contribution in [0.3, 0.4) is 0 Å². The number of carbonyl (C=O) groups excluding carboxylic acids is 1. The molecule has 194 valence electrons. The van der Waals surface area contributed by atoms with Crippen LogP contribution in [0.15, 0.2) is 66.7 Å². The normalized spacial score (nSPS) is 14.2. The SMILES string of the molecule is CCOC(=O)CCc1cccc(OCc2ccc(-c3cc(OC)ccc3F)c(C3=CCCC3(C)C)c2)c1. The molecule has 3 aromatic carbocycles. The Morgan fingerprint density at radius 1 is 0.946 bits per heavy atom. The van der Waals surface area contributed by atoms with Crippen LogP contribution in [0.2, 0.25) is 0 Å². The summed E-state index contributed by atoms with van der Waals surface area (Å²) in [6.07, 6.45) is 5.27. The largest absolute Gasteiger partial charge is 0.497 e. The molecule has 0 aromatic heterocycles. The summed E-state index contributed by atoms with van der Waals surface area (Å²) in [5, 5.41) is 0. The first kappa shape index (κ1) is 26.5. The average molecular weight is 503 g/mol. The number of hydrogen-bond donors (Lipinski definition) is 0. The van der Waals surface area contributed by atoms with Crippen LogP contribution in [0.1, 0.15) is 56.7 Å². The predicted molar refractivity (Wildman–Crippen MR) is 145 cm³/mol. The number of ether oxygens (including phenoxy) is 3. The number of benzene rings is 3. The number of halogens is 1. The van der Waals surface area contributed by atoms with Gasteiger partial charge in [-0.25, -0.2) is 4.39 Å². The van der Waals surface area contributed by atoms with Gasteiger partial charge in [0.25, 0.3) is 0 Å². The highest BCUT2D eigenvalue weighted by atomic mass is 19.1. The molecule has 5 heteroatoms. The van der Waals surface area contributed by atoms with Gasteiger partial charge in [-0.05, 0) is 95.8 Å². The highest BCUT2D eigenvalue weighted by Crippen LogP contribution is 2.47. The second kappa shape index (κ2) is 11.6. The molecule has 0 bridgehead atoms. The minimum Gasteiger partial charge on any atom is -0.497 e. The van der Waals surface area contributed by atoms with Gasteiger partial charge in [-0.1, -0.05) is 44.2 Å². The first-order valence-corrected chi connectivity index (χ1v) is 12.9. The zero-order valence-corrected chi connectivity index (χ0v) is 22.1. The summed E-state index contributed by atoms with van der Waals surface area (Å²) in [4.78, 5) is 11.7. The van der Waals surface area contributed by atoms with Gasteiger partial charge in [0, 0.05) is 12.0 Å². The molecule has 0 heterocycles. The maximum Gasteiger partial charge on any atom is 0.306 e. The summed E-state index contributed by atoms with van der Waals surface area (Å²) in [6.45, 7) is 7.05. The fourth-order valence-corrected chi connectivity index (χ4v) is 4.88. The molecule has 0 amide bonds. The molecule has 0 saturated carbocycles. The van der Waals surface area contributed by atoms with Crippen LogP contribution in [-0.2, 0) is 22.6 Å². The topological polar surface area (TPSA) is 44.8 Å². The second-order valence-corrected chi connectivity index (χ2v) is 10.0. The molecule has 1 aliphatic rings. The molecule has 0 radical (unpaired) electrons. The molecule has 0 N–H and O–H groups in total. The van der Waals surface area contributed by atoms with Gasteiger partial charge in [0.15, 0.2) is 0 Å². The Bertz CT molecular complexity index is 1290. The number of aryl methyl sites for hydroxylation is 1. The molecule has 4 rings (SSSR count). The first-order chi connectivity index (χ1) is 17.8. The molecule has 0 atom stereocenters. The molecule has 37 heavy (non-hydrogen) atoms. The van der Waals surface area contributed by atoms with E-state index in [9.17, 15) is 9.18 Å². The summed E-state index contributed by atoms with van der Waals surface area (Å²) in [6, 6.07) is 18.7. The van der Waals surface area contributed by atoms with Crippen molar-refractivity contribution >= 4 is 11.5 Å². The van der Waals surface area contributed by atoms with E-state index in [0.29, 0.717) is 37.4 Å². The standard InChI is InChI=1S/C32H35FO4/c1-5-36-31(34)16-12-22-8-6-9-25(18-22)37-21-23-11-14-26(28-20-24(35-4)13-15-30(28)33)27(19-23)29-10-7-17-32(29,2)3/h6,8-11,13-15,18-20H,5,7,12,16-17,21H2,1-4H3. The molecule has 0 aliphatic heterocycles. The Hall–Kier alpha value is -3.60. The maximum absolute atomic E-state index is 15.0. The zero-order valence-electron chi connectivity index (χ0n) is 22.1. The lowest BCUT2D eigenvalue weighted by Crippen LogP contribution is -2.10. The lowest BCUT2D eigenvalue weighted by Gasteiger charge is -2.25. The van der Waals surface area contributed by atoms with E-state index in [-0.39, 0.29) is 17.2 Å². The lowest BCUT2D eigenvalue weighted by atomic mass is 9.79. The van der Waals surface area contributed by atoms with Crippen LogP contribution in [0.5, 0.6) is 11.5 Å². The lowest BCUT2D eigenvalue weighted by molar-refractivity contribution is -0.143. The van der Waals surface area contributed by atoms with Crippen molar-refractivity contribution in [3.05, 3.63) is 89.2 Å². The van der Waals surface area contributed by atoms with E-state index in [0.717, 1.165) is 40.8 Å². The fourth-order valence-electron chi connectivity index (χ4n) is 4.88. The van der Waals surface area contributed by atoms with Crippen LogP contribution in [0, 0.1) is 11.2 Å². The van der Waals surface area contributed by atoms with Gasteiger partial charge in [0.1, 0.15) is 23.9 Å². The van der Waals surface area contributed by atoms with Crippen molar-refractivity contribution in [1.29, 1.82) is 0 Å². The summed E-state index contributed by atoms with van der Waals surface area (Å²) in [5.74, 6) is 0.892. The molecule has 0 saturated heterocycles. The third-order valence-electron chi connectivity index (χ3n) is 6.91. The number of allylic oxidation sites excluding steroid dienone is 2. The molecule has 3 aromatic rings. The van der Waals surface area contributed by atoms with Crippen molar-refractivity contribution in [3.8, 4) is 22.6 Å². The highest BCUT2D eigenvalue weighted by Gasteiger charge is 2.30. The predicted octanol–water partition coefficient (Wildman–Crippen LogP) is 7.78. The van der Waals surface area contributed by atoms with Crippen molar-refractivity contribution in [2.45, 2.75) is 53.1 Å². The van der Waals surface area contributed by atoms with Gasteiger partial charge in [-0.3, -0.25) is 4.79 Å². The Morgan fingerprint density at radius 3 is 2.51 bits per heavy atom. The third-order valence-corrected chi connectivity index (χ3v) is 6.91. The van der Waals surface area contributed by atoms with Crippen LogP contribution in [-0.4, -0.2) is 19.7 Å². The quantitative estimate of drug-likeness (QED) is 0.266. The minimum atomic E-state index is -0.276. The van der Waals surface area contributed by atoms with Crippen molar-refractivity contribution in [2.75, 3.05) is 13.7 Å². The second-order valence-electron chi connectivity index (χ2n) is 10.0. The zero-order chi connectivity index (χ0) is 26.4. The van der Waals surface area contributed by atoms with Crippen molar-refractivity contribution < 1.29 is 23.4 Å². The summed E-state index contributed by atoms with van der Waals surface area (Å²) in [7, 11) is 1.59. The van der Waals surface area contributed by atoms with E-state index in [4.69, 9.17) is 14.2 Å². The number of carbonyl (C=O) groups is 1. The van der Waals surface area contributed by atoms with Gasteiger partial charge in [0.05, 0.1) is 13.7 Å². The third kappa shape index (κ3) is 6.40. The molecule has 0 fully saturated rings. The Labute approximate surface area is 219 Å². The molecule has 1 aliphatic carbocycles. The molecule has 0 unspecified atom stereocenters. The van der Waals surface area contributed by atoms with Gasteiger partial charge in [-0.2, -0.15) is 0 Å². The van der Waals surface area contributed by atoms with Crippen LogP contribution in [0.4, 0.5) is 4.39 Å². The number of methoxy groups -OCH3 is 1. The molecular formula is C32H35FO4. The minimum absolute atomic E-state index is 0.00315. The van der Waals surface area contributed by atoms with E-state index in [2.05, 4.69) is 26.0 Å². The Morgan fingerprint density at radius 2 is 1.78 bits per heavy atom. The number of rotatable bonds is 10. The fraction of sp³-hybridized carbons (Fsp3) is 0.344. The Kier molecular flexibility index (Phi) is 8.32. The van der Waals surface area contributed by atoms with E-state index in [1.54, 1.807) is 19.2 Å². The molecular weight excluding hydrogens is 467 g/mol.